The Morgan fingerprint density at radius 1 is 1.25 bits per heavy atom. The van der Waals surface area contributed by atoms with Crippen LogP contribution in [0.5, 0.6) is 0 Å². The van der Waals surface area contributed by atoms with Gasteiger partial charge in [-0.15, -0.1) is 11.3 Å². The summed E-state index contributed by atoms with van der Waals surface area (Å²) in [6, 6.07) is 5.40. The maximum atomic E-state index is 13.3. The van der Waals surface area contributed by atoms with Crippen LogP contribution in [0.25, 0.3) is 0 Å². The first-order valence-corrected chi connectivity index (χ1v) is 5.76. The van der Waals surface area contributed by atoms with Gasteiger partial charge in [0, 0.05) is 11.4 Å². The maximum absolute atomic E-state index is 13.3. The highest BCUT2D eigenvalue weighted by Gasteiger charge is 2.04. The number of hydrogen-bond acceptors (Lipinski definition) is 2. The fourth-order valence-corrected chi connectivity index (χ4v) is 2.24. The summed E-state index contributed by atoms with van der Waals surface area (Å²) in [5.74, 6) is -0.873. The molecule has 0 unspecified atom stereocenters. The zero-order chi connectivity index (χ0) is 11.5. The molecule has 0 fully saturated rings. The van der Waals surface area contributed by atoms with Crippen LogP contribution >= 0.6 is 11.3 Å². The highest BCUT2D eigenvalue weighted by molar-refractivity contribution is 7.10. The summed E-state index contributed by atoms with van der Waals surface area (Å²) in [6.45, 7) is 2.51. The van der Waals surface area contributed by atoms with Crippen molar-refractivity contribution < 1.29 is 8.78 Å². The average Bonchev–Trinajstić information content (AvgIpc) is 2.66. The Bertz CT molecular complexity index is 494. The van der Waals surface area contributed by atoms with Crippen LogP contribution in [0.2, 0.25) is 0 Å². The molecule has 1 N–H and O–H groups in total. The average molecular weight is 239 g/mol. The molecule has 0 saturated carbocycles. The van der Waals surface area contributed by atoms with Crippen LogP contribution in [0.3, 0.4) is 0 Å². The van der Waals surface area contributed by atoms with Gasteiger partial charge in [0.05, 0.1) is 5.69 Å². The monoisotopic (exact) mass is 239 g/mol. The van der Waals surface area contributed by atoms with E-state index in [-0.39, 0.29) is 5.69 Å². The Morgan fingerprint density at radius 2 is 2.06 bits per heavy atom. The first-order valence-electron chi connectivity index (χ1n) is 4.88. The fourth-order valence-electron chi connectivity index (χ4n) is 1.39. The van der Waals surface area contributed by atoms with Crippen LogP contribution in [0, 0.1) is 18.6 Å². The molecule has 1 aromatic carbocycles. The van der Waals surface area contributed by atoms with Crippen molar-refractivity contribution >= 4 is 17.0 Å². The molecule has 0 aliphatic carbocycles. The van der Waals surface area contributed by atoms with Crippen molar-refractivity contribution in [2.24, 2.45) is 0 Å². The molecule has 2 aromatic rings. The number of nitrogens with one attached hydrogen (secondary N) is 1. The molecular weight excluding hydrogens is 228 g/mol. The fraction of sp³-hybridized carbons (Fsp3) is 0.167. The van der Waals surface area contributed by atoms with Gasteiger partial charge in [-0.1, -0.05) is 0 Å². The van der Waals surface area contributed by atoms with Gasteiger partial charge in [0.15, 0.2) is 0 Å². The molecule has 1 nitrogen and oxygen atoms in total. The second-order valence-electron chi connectivity index (χ2n) is 3.50. The Balaban J connectivity index is 2.10. The Morgan fingerprint density at radius 3 is 2.75 bits per heavy atom. The van der Waals surface area contributed by atoms with Crippen molar-refractivity contribution in [1.82, 2.24) is 0 Å². The van der Waals surface area contributed by atoms with E-state index in [2.05, 4.69) is 5.32 Å². The molecule has 84 valence electrons. The molecule has 0 bridgehead atoms. The SMILES string of the molecule is Cc1ccsc1CNc1cc(F)ccc1F. The second-order valence-corrected chi connectivity index (χ2v) is 4.51. The van der Waals surface area contributed by atoms with Crippen LogP contribution in [0.1, 0.15) is 10.4 Å². The van der Waals surface area contributed by atoms with Crippen molar-refractivity contribution in [3.05, 3.63) is 51.7 Å². The van der Waals surface area contributed by atoms with Gasteiger partial charge >= 0.3 is 0 Å². The van der Waals surface area contributed by atoms with Crippen molar-refractivity contribution in [3.63, 3.8) is 0 Å². The minimum atomic E-state index is -0.438. The lowest BCUT2D eigenvalue weighted by Gasteiger charge is -2.07. The number of anilines is 1. The Kier molecular flexibility index (Phi) is 3.19. The zero-order valence-corrected chi connectivity index (χ0v) is 9.57. The van der Waals surface area contributed by atoms with Crippen LogP contribution in [0.4, 0.5) is 14.5 Å². The topological polar surface area (TPSA) is 12.0 Å². The van der Waals surface area contributed by atoms with E-state index in [9.17, 15) is 8.78 Å². The van der Waals surface area contributed by atoms with Gasteiger partial charge < -0.3 is 5.32 Å². The van der Waals surface area contributed by atoms with Crippen molar-refractivity contribution in [3.8, 4) is 0 Å². The maximum Gasteiger partial charge on any atom is 0.146 e. The second kappa shape index (κ2) is 4.61. The molecule has 0 aliphatic rings. The van der Waals surface area contributed by atoms with Gasteiger partial charge in [-0.25, -0.2) is 8.78 Å². The minimum Gasteiger partial charge on any atom is -0.378 e. The first-order chi connectivity index (χ1) is 7.66. The summed E-state index contributed by atoms with van der Waals surface area (Å²) in [6.07, 6.45) is 0. The molecule has 2 rings (SSSR count). The minimum absolute atomic E-state index is 0.202. The van der Waals surface area contributed by atoms with Crippen LogP contribution in [-0.4, -0.2) is 0 Å². The molecule has 4 heteroatoms. The lowest BCUT2D eigenvalue weighted by Crippen LogP contribution is -2.01. The third kappa shape index (κ3) is 2.39. The van der Waals surface area contributed by atoms with Gasteiger partial charge in [-0.2, -0.15) is 0 Å². The normalized spacial score (nSPS) is 10.4. The molecular formula is C12H11F2NS. The Labute approximate surface area is 96.7 Å². The number of hydrogen-bond donors (Lipinski definition) is 1. The van der Waals surface area contributed by atoms with Crippen LogP contribution in [-0.2, 0) is 6.54 Å². The number of halogens is 2. The summed E-state index contributed by atoms with van der Waals surface area (Å²) < 4.78 is 26.2. The molecule has 0 atom stereocenters. The number of benzene rings is 1. The molecule has 1 heterocycles. The van der Waals surface area contributed by atoms with Crippen molar-refractivity contribution in [2.75, 3.05) is 5.32 Å². The van der Waals surface area contributed by atoms with Crippen molar-refractivity contribution in [1.29, 1.82) is 0 Å². The molecule has 0 saturated heterocycles. The van der Waals surface area contributed by atoms with E-state index in [1.54, 1.807) is 11.3 Å². The third-order valence-electron chi connectivity index (χ3n) is 2.34. The Hall–Kier alpha value is -1.42. The summed E-state index contributed by atoms with van der Waals surface area (Å²) in [4.78, 5) is 1.13. The van der Waals surface area contributed by atoms with Gasteiger partial charge in [0.1, 0.15) is 11.6 Å². The summed E-state index contributed by atoms with van der Waals surface area (Å²) in [5, 5.41) is 4.87. The van der Waals surface area contributed by atoms with Gasteiger partial charge in [0.25, 0.3) is 0 Å². The number of aryl methyl sites for hydroxylation is 1. The summed E-state index contributed by atoms with van der Waals surface area (Å²) >= 11 is 1.60. The molecule has 0 amide bonds. The van der Waals surface area contributed by atoms with E-state index >= 15 is 0 Å². The molecule has 16 heavy (non-hydrogen) atoms. The van der Waals surface area contributed by atoms with Gasteiger partial charge in [0.2, 0.25) is 0 Å². The third-order valence-corrected chi connectivity index (χ3v) is 3.36. The highest BCUT2D eigenvalue weighted by Crippen LogP contribution is 2.20. The lowest BCUT2D eigenvalue weighted by atomic mass is 10.2. The van der Waals surface area contributed by atoms with Crippen LogP contribution < -0.4 is 5.32 Å². The number of rotatable bonds is 3. The zero-order valence-electron chi connectivity index (χ0n) is 8.76. The van der Waals surface area contributed by atoms with E-state index in [1.807, 2.05) is 18.4 Å². The van der Waals surface area contributed by atoms with Crippen molar-refractivity contribution in [2.45, 2.75) is 13.5 Å². The van der Waals surface area contributed by atoms with E-state index in [0.717, 1.165) is 28.6 Å². The summed E-state index contributed by atoms with van der Waals surface area (Å²) in [5.41, 5.74) is 1.36. The molecule has 0 spiro atoms. The molecule has 0 aliphatic heterocycles. The van der Waals surface area contributed by atoms with E-state index in [4.69, 9.17) is 0 Å². The summed E-state index contributed by atoms with van der Waals surface area (Å²) in [7, 11) is 0. The smallest absolute Gasteiger partial charge is 0.146 e. The molecule has 1 aromatic heterocycles. The van der Waals surface area contributed by atoms with E-state index in [0.29, 0.717) is 6.54 Å². The lowest BCUT2D eigenvalue weighted by molar-refractivity contribution is 0.602. The number of thiophene rings is 1. The van der Waals surface area contributed by atoms with E-state index < -0.39 is 11.6 Å². The predicted octanol–water partition coefficient (Wildman–Crippen LogP) is 3.95. The van der Waals surface area contributed by atoms with Gasteiger partial charge in [-0.3, -0.25) is 0 Å². The van der Waals surface area contributed by atoms with E-state index in [1.165, 1.54) is 0 Å². The van der Waals surface area contributed by atoms with Crippen LogP contribution in [0.15, 0.2) is 29.6 Å². The quantitative estimate of drug-likeness (QED) is 0.855. The van der Waals surface area contributed by atoms with Gasteiger partial charge in [-0.05, 0) is 42.1 Å². The highest BCUT2D eigenvalue weighted by atomic mass is 32.1. The largest absolute Gasteiger partial charge is 0.378 e. The molecule has 0 radical (unpaired) electrons. The standard InChI is InChI=1S/C12H11F2NS/c1-8-4-5-16-12(8)7-15-11-6-9(13)2-3-10(11)14/h2-6,15H,7H2,1H3. The predicted molar refractivity (Wildman–Crippen MR) is 62.7 cm³/mol. The first kappa shape index (κ1) is 11.1.